The fourth-order valence-electron chi connectivity index (χ4n) is 3.95. The number of non-ortho nitro benzene ring substituents is 1. The van der Waals surface area contributed by atoms with Crippen LogP contribution in [0.1, 0.15) is 10.9 Å². The summed E-state index contributed by atoms with van der Waals surface area (Å²) < 4.78 is 1.78. The monoisotopic (exact) mass is 507 g/mol. The van der Waals surface area contributed by atoms with Crippen molar-refractivity contribution < 1.29 is 14.5 Å². The van der Waals surface area contributed by atoms with Gasteiger partial charge in [0.2, 0.25) is 0 Å². The highest BCUT2D eigenvalue weighted by Gasteiger charge is 2.35. The molecule has 1 fully saturated rings. The van der Waals surface area contributed by atoms with Crippen LogP contribution in [-0.4, -0.2) is 37.1 Å². The van der Waals surface area contributed by atoms with E-state index in [2.05, 4.69) is 5.43 Å². The molecule has 3 aromatic carbocycles. The van der Waals surface area contributed by atoms with E-state index >= 15 is 0 Å². The molecule has 1 aliphatic rings. The first-order valence-corrected chi connectivity index (χ1v) is 12.0. The highest BCUT2D eigenvalue weighted by Crippen LogP contribution is 2.38. The van der Waals surface area contributed by atoms with Crippen LogP contribution >= 0.6 is 23.4 Å². The maximum absolute atomic E-state index is 13.2. The molecule has 35 heavy (non-hydrogen) atoms. The van der Waals surface area contributed by atoms with Crippen LogP contribution in [0.3, 0.4) is 0 Å². The Labute approximate surface area is 208 Å². The lowest BCUT2D eigenvalue weighted by molar-refractivity contribution is -0.384. The van der Waals surface area contributed by atoms with Gasteiger partial charge in [-0.2, -0.15) is 0 Å². The summed E-state index contributed by atoms with van der Waals surface area (Å²) in [6.07, 6.45) is 0. The number of nitro benzene ring substituents is 1. The Morgan fingerprint density at radius 3 is 2.69 bits per heavy atom. The summed E-state index contributed by atoms with van der Waals surface area (Å²) in [6.45, 7) is -0.0887. The second-order valence-electron chi connectivity index (χ2n) is 7.83. The molecule has 176 valence electrons. The normalized spacial score (nSPS) is 15.5. The van der Waals surface area contributed by atoms with Crippen molar-refractivity contribution in [3.8, 4) is 11.4 Å². The number of aromatic nitrogens is 2. The zero-order valence-electron chi connectivity index (χ0n) is 18.1. The van der Waals surface area contributed by atoms with Crippen LogP contribution in [0.2, 0.25) is 5.02 Å². The summed E-state index contributed by atoms with van der Waals surface area (Å²) >= 11 is 7.33. The molecule has 0 saturated carbocycles. The van der Waals surface area contributed by atoms with Gasteiger partial charge in [-0.25, -0.2) is 9.99 Å². The minimum atomic E-state index is -0.568. The van der Waals surface area contributed by atoms with Gasteiger partial charge in [0, 0.05) is 22.7 Å². The Morgan fingerprint density at radius 1 is 1.14 bits per heavy atom. The Kier molecular flexibility index (Phi) is 6.14. The van der Waals surface area contributed by atoms with Gasteiger partial charge in [0.05, 0.1) is 21.7 Å². The molecule has 1 aliphatic heterocycles. The summed E-state index contributed by atoms with van der Waals surface area (Å²) in [5.41, 5.74) is 5.47. The molecule has 4 aromatic rings. The number of benzene rings is 3. The van der Waals surface area contributed by atoms with E-state index in [0.717, 1.165) is 16.6 Å². The molecule has 0 bridgehead atoms. The number of carbonyl (C=O) groups is 2. The van der Waals surface area contributed by atoms with E-state index in [4.69, 9.17) is 16.6 Å². The number of halogens is 1. The molecule has 0 spiro atoms. The van der Waals surface area contributed by atoms with Crippen molar-refractivity contribution in [2.45, 2.75) is 11.9 Å². The number of hydrogen-bond acceptors (Lipinski definition) is 6. The summed E-state index contributed by atoms with van der Waals surface area (Å²) in [5, 5.41) is 12.4. The molecule has 11 heteroatoms. The average molecular weight is 508 g/mol. The standard InChI is InChI=1S/C24H18ClN5O4S/c25-17-10-8-15(9-11-17)23-26-19-6-1-2-7-20(19)28(23)13-21(31)27-29-22(32)14-35-24(29)16-4-3-5-18(12-16)30(33)34/h1-12,24H,13-14H2,(H,27,31). The van der Waals surface area contributed by atoms with Crippen LogP contribution < -0.4 is 5.43 Å². The van der Waals surface area contributed by atoms with Crippen molar-refractivity contribution in [3.63, 3.8) is 0 Å². The van der Waals surface area contributed by atoms with Gasteiger partial charge in [-0.3, -0.25) is 25.1 Å². The number of nitro groups is 1. The minimum Gasteiger partial charge on any atom is -0.314 e. The number of nitrogens with one attached hydrogen (secondary N) is 1. The predicted octanol–water partition coefficient (Wildman–Crippen LogP) is 4.57. The van der Waals surface area contributed by atoms with Crippen LogP contribution in [-0.2, 0) is 16.1 Å². The van der Waals surface area contributed by atoms with Crippen molar-refractivity contribution in [1.82, 2.24) is 20.0 Å². The van der Waals surface area contributed by atoms with Crippen LogP contribution in [0.5, 0.6) is 0 Å². The number of para-hydroxylation sites is 2. The molecule has 0 aliphatic carbocycles. The van der Waals surface area contributed by atoms with E-state index in [0.29, 0.717) is 16.4 Å². The molecule has 2 amide bonds. The number of fused-ring (bicyclic) bond motifs is 1. The van der Waals surface area contributed by atoms with Gasteiger partial charge in [0.1, 0.15) is 17.7 Å². The van der Waals surface area contributed by atoms with Gasteiger partial charge in [0.15, 0.2) is 0 Å². The summed E-state index contributed by atoms with van der Waals surface area (Å²) in [4.78, 5) is 41.1. The molecule has 1 aromatic heterocycles. The lowest BCUT2D eigenvalue weighted by Gasteiger charge is -2.24. The minimum absolute atomic E-state index is 0.0776. The Bertz CT molecular complexity index is 1460. The number of nitrogens with zero attached hydrogens (tertiary/aromatic N) is 4. The van der Waals surface area contributed by atoms with E-state index in [1.165, 1.54) is 28.9 Å². The number of rotatable bonds is 6. The third kappa shape index (κ3) is 4.58. The van der Waals surface area contributed by atoms with Crippen molar-refractivity contribution >= 4 is 51.9 Å². The number of carbonyl (C=O) groups excluding carboxylic acids is 2. The van der Waals surface area contributed by atoms with E-state index in [1.807, 2.05) is 36.4 Å². The van der Waals surface area contributed by atoms with Gasteiger partial charge < -0.3 is 4.57 Å². The third-order valence-corrected chi connectivity index (χ3v) is 7.00. The lowest BCUT2D eigenvalue weighted by atomic mass is 10.2. The van der Waals surface area contributed by atoms with Crippen LogP contribution in [0.25, 0.3) is 22.4 Å². The fourth-order valence-corrected chi connectivity index (χ4v) is 5.18. The first kappa shape index (κ1) is 22.9. The Balaban J connectivity index is 1.43. The third-order valence-electron chi connectivity index (χ3n) is 5.54. The first-order valence-electron chi connectivity index (χ1n) is 10.6. The van der Waals surface area contributed by atoms with E-state index < -0.39 is 16.2 Å². The second-order valence-corrected chi connectivity index (χ2v) is 9.34. The Morgan fingerprint density at radius 2 is 1.91 bits per heavy atom. The number of imidazole rings is 1. The molecule has 1 saturated heterocycles. The SMILES string of the molecule is O=C(Cn1c(-c2ccc(Cl)cc2)nc2ccccc21)NN1C(=O)CSC1c1cccc([N+](=O)[O-])c1. The highest BCUT2D eigenvalue weighted by molar-refractivity contribution is 8.00. The quantitative estimate of drug-likeness (QED) is 0.302. The summed E-state index contributed by atoms with van der Waals surface area (Å²) in [6, 6.07) is 20.7. The molecular formula is C24H18ClN5O4S. The smallest absolute Gasteiger partial charge is 0.269 e. The van der Waals surface area contributed by atoms with Gasteiger partial charge in [-0.05, 0) is 42.0 Å². The van der Waals surface area contributed by atoms with E-state index in [9.17, 15) is 19.7 Å². The molecule has 0 radical (unpaired) electrons. The van der Waals surface area contributed by atoms with Crippen molar-refractivity contribution in [2.75, 3.05) is 5.75 Å². The van der Waals surface area contributed by atoms with Crippen molar-refractivity contribution in [2.24, 2.45) is 0 Å². The van der Waals surface area contributed by atoms with E-state index in [1.54, 1.807) is 28.8 Å². The van der Waals surface area contributed by atoms with Gasteiger partial charge in [0.25, 0.3) is 17.5 Å². The van der Waals surface area contributed by atoms with Crippen molar-refractivity contribution in [1.29, 1.82) is 0 Å². The lowest BCUT2D eigenvalue weighted by Crippen LogP contribution is -2.45. The average Bonchev–Trinajstić information content (AvgIpc) is 3.40. The predicted molar refractivity (Wildman–Crippen MR) is 133 cm³/mol. The first-order chi connectivity index (χ1) is 16.9. The molecule has 1 N–H and O–H groups in total. The zero-order chi connectivity index (χ0) is 24.5. The maximum atomic E-state index is 13.2. The molecular weight excluding hydrogens is 490 g/mol. The van der Waals surface area contributed by atoms with Crippen LogP contribution in [0, 0.1) is 10.1 Å². The summed E-state index contributed by atoms with van der Waals surface area (Å²) in [5.74, 6) is 0.0378. The fraction of sp³-hybridized carbons (Fsp3) is 0.125. The molecule has 5 rings (SSSR count). The van der Waals surface area contributed by atoms with E-state index in [-0.39, 0.29) is 23.9 Å². The summed E-state index contributed by atoms with van der Waals surface area (Å²) in [7, 11) is 0. The largest absolute Gasteiger partial charge is 0.314 e. The maximum Gasteiger partial charge on any atom is 0.269 e. The van der Waals surface area contributed by atoms with Crippen LogP contribution in [0.4, 0.5) is 5.69 Å². The number of hydrogen-bond donors (Lipinski definition) is 1. The highest BCUT2D eigenvalue weighted by atomic mass is 35.5. The van der Waals surface area contributed by atoms with Gasteiger partial charge in [-0.15, -0.1) is 11.8 Å². The van der Waals surface area contributed by atoms with Gasteiger partial charge in [-0.1, -0.05) is 35.9 Å². The van der Waals surface area contributed by atoms with Gasteiger partial charge >= 0.3 is 0 Å². The molecule has 9 nitrogen and oxygen atoms in total. The Hall–Kier alpha value is -3.89. The van der Waals surface area contributed by atoms with Crippen molar-refractivity contribution in [3.05, 3.63) is 93.5 Å². The molecule has 2 heterocycles. The zero-order valence-corrected chi connectivity index (χ0v) is 19.7. The molecule has 1 unspecified atom stereocenters. The second kappa shape index (κ2) is 9.40. The number of hydrazine groups is 1. The number of thioether (sulfide) groups is 1. The molecule has 1 atom stereocenters. The number of amides is 2. The topological polar surface area (TPSA) is 110 Å². The van der Waals surface area contributed by atoms with Crippen LogP contribution in [0.15, 0.2) is 72.8 Å².